The number of amides is 1. The van der Waals surface area contributed by atoms with Crippen LogP contribution in [0.5, 0.6) is 0 Å². The third-order valence-electron chi connectivity index (χ3n) is 4.88. The summed E-state index contributed by atoms with van der Waals surface area (Å²) in [4.78, 5) is 16.9. The van der Waals surface area contributed by atoms with Crippen molar-refractivity contribution in [2.45, 2.75) is 38.3 Å². The zero-order valence-electron chi connectivity index (χ0n) is 13.8. The van der Waals surface area contributed by atoms with Crippen LogP contribution in [0.25, 0.3) is 0 Å². The van der Waals surface area contributed by atoms with Crippen molar-refractivity contribution < 1.29 is 13.2 Å². The SMILES string of the molecule is O=C(NCc1cccnc1)c1c2c(nn1[C@H]1CCS(=O)(=O)C1)CCC2. The van der Waals surface area contributed by atoms with Gasteiger partial charge in [-0.15, -0.1) is 0 Å². The monoisotopic (exact) mass is 360 g/mol. The Balaban J connectivity index is 1.60. The quantitative estimate of drug-likeness (QED) is 0.880. The Bertz CT molecular complexity index is 905. The van der Waals surface area contributed by atoms with E-state index in [9.17, 15) is 13.2 Å². The molecular formula is C17H20N4O3S. The third-order valence-corrected chi connectivity index (χ3v) is 6.63. The number of pyridine rings is 1. The van der Waals surface area contributed by atoms with Crippen LogP contribution in [0.15, 0.2) is 24.5 Å². The molecular weight excluding hydrogens is 340 g/mol. The van der Waals surface area contributed by atoms with Gasteiger partial charge in [0.15, 0.2) is 9.84 Å². The Kier molecular flexibility index (Phi) is 4.07. The zero-order valence-corrected chi connectivity index (χ0v) is 14.6. The summed E-state index contributed by atoms with van der Waals surface area (Å²) in [5.41, 5.74) is 3.38. The van der Waals surface area contributed by atoms with E-state index < -0.39 is 9.84 Å². The molecule has 1 amide bonds. The van der Waals surface area contributed by atoms with E-state index in [-0.39, 0.29) is 23.5 Å². The Labute approximate surface area is 146 Å². The number of carbonyl (C=O) groups excluding carboxylic acids is 1. The molecule has 4 rings (SSSR count). The van der Waals surface area contributed by atoms with Crippen molar-refractivity contribution in [3.05, 3.63) is 47.0 Å². The first-order valence-corrected chi connectivity index (χ1v) is 10.3. The Morgan fingerprint density at radius 1 is 1.36 bits per heavy atom. The summed E-state index contributed by atoms with van der Waals surface area (Å²) < 4.78 is 25.3. The van der Waals surface area contributed by atoms with E-state index in [0.29, 0.717) is 18.7 Å². The maximum Gasteiger partial charge on any atom is 0.270 e. The molecule has 0 radical (unpaired) electrons. The maximum absolute atomic E-state index is 12.8. The summed E-state index contributed by atoms with van der Waals surface area (Å²) in [5.74, 6) is 0.0406. The number of nitrogens with zero attached hydrogens (tertiary/aromatic N) is 3. The second-order valence-electron chi connectivity index (χ2n) is 6.67. The van der Waals surface area contributed by atoms with Gasteiger partial charge in [-0.2, -0.15) is 5.10 Å². The summed E-state index contributed by atoms with van der Waals surface area (Å²) in [6.45, 7) is 0.385. The highest BCUT2D eigenvalue weighted by Gasteiger charge is 2.35. The van der Waals surface area contributed by atoms with Gasteiger partial charge in [-0.05, 0) is 37.3 Å². The minimum atomic E-state index is -3.03. The van der Waals surface area contributed by atoms with Gasteiger partial charge in [0, 0.05) is 24.5 Å². The minimum absolute atomic E-state index is 0.0659. The topological polar surface area (TPSA) is 93.9 Å². The van der Waals surface area contributed by atoms with Crippen LogP contribution in [-0.2, 0) is 29.2 Å². The molecule has 1 saturated heterocycles. The molecule has 3 heterocycles. The molecule has 0 spiro atoms. The lowest BCUT2D eigenvalue weighted by Gasteiger charge is -2.14. The zero-order chi connectivity index (χ0) is 17.4. The fraction of sp³-hybridized carbons (Fsp3) is 0.471. The predicted octanol–water partition coefficient (Wildman–Crippen LogP) is 1.06. The largest absolute Gasteiger partial charge is 0.347 e. The van der Waals surface area contributed by atoms with E-state index in [2.05, 4.69) is 15.4 Å². The van der Waals surface area contributed by atoms with Gasteiger partial charge in [-0.25, -0.2) is 8.42 Å². The van der Waals surface area contributed by atoms with Crippen molar-refractivity contribution in [3.63, 3.8) is 0 Å². The van der Waals surface area contributed by atoms with Gasteiger partial charge in [0.05, 0.1) is 23.2 Å². The highest BCUT2D eigenvalue weighted by molar-refractivity contribution is 7.91. The summed E-state index contributed by atoms with van der Waals surface area (Å²) >= 11 is 0. The molecule has 0 aromatic carbocycles. The minimum Gasteiger partial charge on any atom is -0.347 e. The Hall–Kier alpha value is -2.22. The van der Waals surface area contributed by atoms with Crippen LogP contribution in [0.4, 0.5) is 0 Å². The first-order valence-electron chi connectivity index (χ1n) is 8.51. The molecule has 1 aliphatic heterocycles. The van der Waals surface area contributed by atoms with Gasteiger partial charge in [-0.3, -0.25) is 14.5 Å². The van der Waals surface area contributed by atoms with Crippen LogP contribution < -0.4 is 5.32 Å². The molecule has 1 atom stereocenters. The maximum atomic E-state index is 12.8. The van der Waals surface area contributed by atoms with Crippen LogP contribution >= 0.6 is 0 Å². The molecule has 0 unspecified atom stereocenters. The average Bonchev–Trinajstić information content (AvgIpc) is 3.27. The first kappa shape index (κ1) is 16.3. The van der Waals surface area contributed by atoms with Crippen molar-refractivity contribution in [3.8, 4) is 0 Å². The average molecular weight is 360 g/mol. The van der Waals surface area contributed by atoms with E-state index in [1.165, 1.54) is 0 Å². The number of nitrogens with one attached hydrogen (secondary N) is 1. The lowest BCUT2D eigenvalue weighted by molar-refractivity contribution is 0.0937. The highest BCUT2D eigenvalue weighted by Crippen LogP contribution is 2.31. The van der Waals surface area contributed by atoms with E-state index in [1.807, 2.05) is 12.1 Å². The molecule has 8 heteroatoms. The fourth-order valence-corrected chi connectivity index (χ4v) is 5.35. The van der Waals surface area contributed by atoms with Crippen LogP contribution in [0.1, 0.15) is 46.2 Å². The number of hydrogen-bond acceptors (Lipinski definition) is 5. The number of rotatable bonds is 4. The van der Waals surface area contributed by atoms with Crippen molar-refractivity contribution in [2.24, 2.45) is 0 Å². The molecule has 1 N–H and O–H groups in total. The lowest BCUT2D eigenvalue weighted by Crippen LogP contribution is -2.28. The van der Waals surface area contributed by atoms with Gasteiger partial charge < -0.3 is 5.32 Å². The molecule has 2 aromatic rings. The molecule has 7 nitrogen and oxygen atoms in total. The van der Waals surface area contributed by atoms with Crippen LogP contribution in [0.3, 0.4) is 0 Å². The number of hydrogen-bond donors (Lipinski definition) is 1. The van der Waals surface area contributed by atoms with E-state index in [1.54, 1.807) is 17.1 Å². The van der Waals surface area contributed by atoms with Gasteiger partial charge in [0.25, 0.3) is 5.91 Å². The highest BCUT2D eigenvalue weighted by atomic mass is 32.2. The fourth-order valence-electron chi connectivity index (χ4n) is 3.65. The second kappa shape index (κ2) is 6.25. The Morgan fingerprint density at radius 2 is 2.24 bits per heavy atom. The molecule has 25 heavy (non-hydrogen) atoms. The molecule has 0 saturated carbocycles. The molecule has 0 bridgehead atoms. The van der Waals surface area contributed by atoms with Gasteiger partial charge in [0.2, 0.25) is 0 Å². The molecule has 1 fully saturated rings. The number of sulfone groups is 1. The van der Waals surface area contributed by atoms with Crippen molar-refractivity contribution in [1.29, 1.82) is 0 Å². The summed E-state index contributed by atoms with van der Waals surface area (Å²) in [5, 5.41) is 7.52. The van der Waals surface area contributed by atoms with E-state index >= 15 is 0 Å². The lowest BCUT2D eigenvalue weighted by atomic mass is 10.1. The summed E-state index contributed by atoms with van der Waals surface area (Å²) in [6.07, 6.45) is 6.59. The molecule has 132 valence electrons. The molecule has 1 aliphatic carbocycles. The summed E-state index contributed by atoms with van der Waals surface area (Å²) in [6, 6.07) is 3.49. The number of aryl methyl sites for hydroxylation is 1. The van der Waals surface area contributed by atoms with Crippen LogP contribution in [0.2, 0.25) is 0 Å². The van der Waals surface area contributed by atoms with E-state index in [4.69, 9.17) is 0 Å². The molecule has 2 aromatic heterocycles. The Morgan fingerprint density at radius 3 is 2.96 bits per heavy atom. The first-order chi connectivity index (χ1) is 12.0. The number of fused-ring (bicyclic) bond motifs is 1. The van der Waals surface area contributed by atoms with Crippen LogP contribution in [0, 0.1) is 0 Å². The van der Waals surface area contributed by atoms with Crippen molar-refractivity contribution in [2.75, 3.05) is 11.5 Å². The van der Waals surface area contributed by atoms with Gasteiger partial charge >= 0.3 is 0 Å². The third kappa shape index (κ3) is 3.18. The number of carbonyl (C=O) groups is 1. The normalized spacial score (nSPS) is 21.2. The van der Waals surface area contributed by atoms with Crippen LogP contribution in [-0.4, -0.2) is 40.6 Å². The van der Waals surface area contributed by atoms with E-state index in [0.717, 1.165) is 36.1 Å². The van der Waals surface area contributed by atoms with Gasteiger partial charge in [-0.1, -0.05) is 6.07 Å². The summed E-state index contributed by atoms with van der Waals surface area (Å²) in [7, 11) is -3.03. The number of aromatic nitrogens is 3. The van der Waals surface area contributed by atoms with Gasteiger partial charge in [0.1, 0.15) is 5.69 Å². The molecule has 2 aliphatic rings. The smallest absolute Gasteiger partial charge is 0.270 e. The second-order valence-corrected chi connectivity index (χ2v) is 8.90. The predicted molar refractivity (Wildman–Crippen MR) is 92.0 cm³/mol. The van der Waals surface area contributed by atoms with Crippen molar-refractivity contribution in [1.82, 2.24) is 20.1 Å². The standard InChI is InChI=1S/C17H20N4O3S/c22-17(19-10-12-3-2-7-18-9-12)16-14-4-1-5-15(14)20-21(16)13-6-8-25(23,24)11-13/h2-3,7,9,13H,1,4-6,8,10-11H2,(H,19,22)/t13-/m0/s1. The van der Waals surface area contributed by atoms with Crippen molar-refractivity contribution >= 4 is 15.7 Å².